The van der Waals surface area contributed by atoms with Crippen molar-refractivity contribution in [2.75, 3.05) is 26.2 Å². The third kappa shape index (κ3) is 3.05. The Kier molecular flexibility index (Phi) is 3.91. The first kappa shape index (κ1) is 13.9. The smallest absolute Gasteiger partial charge is 0.240 e. The average Bonchev–Trinajstić information content (AvgIpc) is 3.17. The van der Waals surface area contributed by atoms with Gasteiger partial charge in [-0.05, 0) is 43.5 Å². The molecule has 0 bridgehead atoms. The molecular formula is C17H22N4O. The quantitative estimate of drug-likeness (QED) is 0.931. The molecule has 0 spiro atoms. The van der Waals surface area contributed by atoms with E-state index in [0.717, 1.165) is 56.2 Å². The first-order valence-corrected chi connectivity index (χ1v) is 8.15. The topological polar surface area (TPSA) is 54.2 Å². The van der Waals surface area contributed by atoms with Gasteiger partial charge in [0.1, 0.15) is 0 Å². The van der Waals surface area contributed by atoms with Gasteiger partial charge in [0.2, 0.25) is 5.89 Å². The zero-order valence-electron chi connectivity index (χ0n) is 12.7. The van der Waals surface area contributed by atoms with Crippen molar-refractivity contribution in [2.45, 2.75) is 19.4 Å². The van der Waals surface area contributed by atoms with Gasteiger partial charge in [-0.3, -0.25) is 4.90 Å². The molecule has 1 aromatic heterocycles. The molecule has 2 fully saturated rings. The zero-order valence-corrected chi connectivity index (χ0v) is 12.7. The van der Waals surface area contributed by atoms with E-state index in [4.69, 9.17) is 4.52 Å². The molecule has 22 heavy (non-hydrogen) atoms. The SMILES string of the molecule is c1ccc(Cc2noc(CN3CCC4CNCC4C3)n2)cc1. The van der Waals surface area contributed by atoms with E-state index >= 15 is 0 Å². The lowest BCUT2D eigenvalue weighted by Gasteiger charge is -2.33. The monoisotopic (exact) mass is 298 g/mol. The zero-order chi connectivity index (χ0) is 14.8. The van der Waals surface area contributed by atoms with Crippen molar-refractivity contribution in [3.63, 3.8) is 0 Å². The second-order valence-corrected chi connectivity index (χ2v) is 6.47. The molecule has 0 radical (unpaired) electrons. The number of fused-ring (bicyclic) bond motifs is 1. The molecule has 0 saturated carbocycles. The summed E-state index contributed by atoms with van der Waals surface area (Å²) >= 11 is 0. The Morgan fingerprint density at radius 3 is 2.95 bits per heavy atom. The van der Waals surface area contributed by atoms with E-state index in [2.05, 4.69) is 32.5 Å². The van der Waals surface area contributed by atoms with E-state index in [1.165, 1.54) is 18.5 Å². The summed E-state index contributed by atoms with van der Waals surface area (Å²) in [5, 5.41) is 7.62. The van der Waals surface area contributed by atoms with Crippen molar-refractivity contribution in [1.29, 1.82) is 0 Å². The van der Waals surface area contributed by atoms with Gasteiger partial charge in [-0.2, -0.15) is 4.98 Å². The predicted octanol–water partition coefficient (Wildman–Crippen LogP) is 1.70. The summed E-state index contributed by atoms with van der Waals surface area (Å²) in [6.45, 7) is 5.42. The van der Waals surface area contributed by atoms with Gasteiger partial charge in [-0.25, -0.2) is 0 Å². The van der Waals surface area contributed by atoms with E-state index in [1.54, 1.807) is 0 Å². The lowest BCUT2D eigenvalue weighted by atomic mass is 9.89. The van der Waals surface area contributed by atoms with Crippen LogP contribution in [0.2, 0.25) is 0 Å². The number of rotatable bonds is 4. The molecule has 1 aromatic carbocycles. The van der Waals surface area contributed by atoms with Crippen molar-refractivity contribution in [3.05, 3.63) is 47.6 Å². The minimum atomic E-state index is 0.735. The summed E-state index contributed by atoms with van der Waals surface area (Å²) in [7, 11) is 0. The first-order chi connectivity index (χ1) is 10.9. The van der Waals surface area contributed by atoms with E-state index in [-0.39, 0.29) is 0 Å². The Balaban J connectivity index is 1.36. The number of aromatic nitrogens is 2. The minimum Gasteiger partial charge on any atom is -0.338 e. The molecule has 0 aliphatic carbocycles. The third-order valence-corrected chi connectivity index (χ3v) is 4.86. The van der Waals surface area contributed by atoms with Crippen LogP contribution in [0.15, 0.2) is 34.9 Å². The van der Waals surface area contributed by atoms with Crippen LogP contribution < -0.4 is 5.32 Å². The van der Waals surface area contributed by atoms with Crippen LogP contribution in [-0.2, 0) is 13.0 Å². The minimum absolute atomic E-state index is 0.735. The summed E-state index contributed by atoms with van der Waals surface area (Å²) in [5.41, 5.74) is 1.22. The molecule has 3 heterocycles. The summed E-state index contributed by atoms with van der Waals surface area (Å²) in [4.78, 5) is 7.00. The Labute approximate surface area is 130 Å². The summed E-state index contributed by atoms with van der Waals surface area (Å²) in [5.74, 6) is 3.18. The van der Waals surface area contributed by atoms with Gasteiger partial charge >= 0.3 is 0 Å². The van der Waals surface area contributed by atoms with Crippen LogP contribution in [0.3, 0.4) is 0 Å². The Hall–Kier alpha value is -1.72. The number of hydrogen-bond acceptors (Lipinski definition) is 5. The van der Waals surface area contributed by atoms with Crippen LogP contribution in [-0.4, -0.2) is 41.2 Å². The van der Waals surface area contributed by atoms with Gasteiger partial charge in [0, 0.05) is 13.0 Å². The van der Waals surface area contributed by atoms with Gasteiger partial charge in [-0.1, -0.05) is 35.5 Å². The van der Waals surface area contributed by atoms with E-state index < -0.39 is 0 Å². The Morgan fingerprint density at radius 2 is 2.05 bits per heavy atom. The van der Waals surface area contributed by atoms with Gasteiger partial charge in [-0.15, -0.1) is 0 Å². The van der Waals surface area contributed by atoms with Crippen LogP contribution in [0.5, 0.6) is 0 Å². The maximum Gasteiger partial charge on any atom is 0.240 e. The van der Waals surface area contributed by atoms with Crippen LogP contribution in [0.25, 0.3) is 0 Å². The van der Waals surface area contributed by atoms with Crippen LogP contribution in [0.4, 0.5) is 0 Å². The van der Waals surface area contributed by atoms with Crippen molar-refractivity contribution < 1.29 is 4.52 Å². The maximum absolute atomic E-state index is 5.43. The Bertz CT molecular complexity index is 612. The molecule has 4 rings (SSSR count). The highest BCUT2D eigenvalue weighted by atomic mass is 16.5. The van der Waals surface area contributed by atoms with Crippen LogP contribution in [0.1, 0.15) is 23.7 Å². The highest BCUT2D eigenvalue weighted by Gasteiger charge is 2.33. The number of piperidine rings is 1. The Morgan fingerprint density at radius 1 is 1.18 bits per heavy atom. The second-order valence-electron chi connectivity index (χ2n) is 6.47. The van der Waals surface area contributed by atoms with Gasteiger partial charge in [0.05, 0.1) is 6.54 Å². The van der Waals surface area contributed by atoms with Crippen LogP contribution in [0, 0.1) is 11.8 Å². The maximum atomic E-state index is 5.43. The molecule has 2 atom stereocenters. The molecule has 5 nitrogen and oxygen atoms in total. The lowest BCUT2D eigenvalue weighted by Crippen LogP contribution is -2.39. The van der Waals surface area contributed by atoms with E-state index in [0.29, 0.717) is 0 Å². The van der Waals surface area contributed by atoms with Crippen molar-refractivity contribution in [2.24, 2.45) is 11.8 Å². The fourth-order valence-electron chi connectivity index (χ4n) is 3.65. The molecule has 2 unspecified atom stereocenters. The van der Waals surface area contributed by atoms with E-state index in [1.807, 2.05) is 18.2 Å². The fourth-order valence-corrected chi connectivity index (χ4v) is 3.65. The summed E-state index contributed by atoms with van der Waals surface area (Å²) in [6, 6.07) is 10.3. The normalized spacial score (nSPS) is 25.3. The number of likely N-dealkylation sites (tertiary alicyclic amines) is 1. The van der Waals surface area contributed by atoms with E-state index in [9.17, 15) is 0 Å². The first-order valence-electron chi connectivity index (χ1n) is 8.15. The summed E-state index contributed by atoms with van der Waals surface area (Å²) < 4.78 is 5.43. The number of hydrogen-bond donors (Lipinski definition) is 1. The second kappa shape index (κ2) is 6.18. The average molecular weight is 298 g/mol. The molecule has 2 saturated heterocycles. The lowest BCUT2D eigenvalue weighted by molar-refractivity contribution is 0.128. The molecule has 1 N–H and O–H groups in total. The van der Waals surface area contributed by atoms with Crippen molar-refractivity contribution in [1.82, 2.24) is 20.4 Å². The fraction of sp³-hybridized carbons (Fsp3) is 0.529. The molecule has 2 aliphatic heterocycles. The van der Waals surface area contributed by atoms with Gasteiger partial charge in [0.25, 0.3) is 0 Å². The largest absolute Gasteiger partial charge is 0.338 e. The highest BCUT2D eigenvalue weighted by Crippen LogP contribution is 2.27. The number of nitrogens with one attached hydrogen (secondary N) is 1. The molecule has 2 aromatic rings. The molecule has 2 aliphatic rings. The predicted molar refractivity (Wildman–Crippen MR) is 83.3 cm³/mol. The van der Waals surface area contributed by atoms with Crippen molar-refractivity contribution in [3.8, 4) is 0 Å². The van der Waals surface area contributed by atoms with Crippen LogP contribution >= 0.6 is 0 Å². The standard InChI is InChI=1S/C17H22N4O/c1-2-4-13(5-3-1)8-16-19-17(22-20-16)12-21-7-6-14-9-18-10-15(14)11-21/h1-5,14-15,18H,6-12H2. The highest BCUT2D eigenvalue weighted by molar-refractivity contribution is 5.18. The third-order valence-electron chi connectivity index (χ3n) is 4.86. The summed E-state index contributed by atoms with van der Waals surface area (Å²) in [6.07, 6.45) is 2.02. The molecule has 0 amide bonds. The van der Waals surface area contributed by atoms with Gasteiger partial charge < -0.3 is 9.84 Å². The number of nitrogens with zero attached hydrogens (tertiary/aromatic N) is 3. The van der Waals surface area contributed by atoms with Crippen molar-refractivity contribution >= 4 is 0 Å². The van der Waals surface area contributed by atoms with Gasteiger partial charge in [0.15, 0.2) is 5.82 Å². The number of benzene rings is 1. The molecule has 5 heteroatoms. The molecule has 116 valence electrons. The molecular weight excluding hydrogens is 276 g/mol.